The molecule has 0 unspecified atom stereocenters. The van der Waals surface area contributed by atoms with Crippen LogP contribution in [-0.2, 0) is 0 Å². The van der Waals surface area contributed by atoms with Gasteiger partial charge < -0.3 is 4.90 Å². The molecule has 3 nitrogen and oxygen atoms in total. The normalized spacial score (nSPS) is 19.1. The number of halogens is 1. The Morgan fingerprint density at radius 2 is 2.18 bits per heavy atom. The quantitative estimate of drug-likeness (QED) is 0.855. The molecule has 0 radical (unpaired) electrons. The standard InChI is InChI=1S/C13H15BrN2O/c14-11-2-1-7-15-12(11)13(17)16(10-5-6-10)8-9-3-4-9/h1-2,7,9-10H,3-6,8H2. The number of hydrogen-bond donors (Lipinski definition) is 0. The fraction of sp³-hybridized carbons (Fsp3) is 0.538. The van der Waals surface area contributed by atoms with Crippen molar-refractivity contribution in [3.63, 3.8) is 0 Å². The number of carbonyl (C=O) groups excluding carboxylic acids is 1. The smallest absolute Gasteiger partial charge is 0.273 e. The van der Waals surface area contributed by atoms with Crippen molar-refractivity contribution in [3.05, 3.63) is 28.5 Å². The van der Waals surface area contributed by atoms with E-state index in [1.54, 1.807) is 6.20 Å². The molecule has 17 heavy (non-hydrogen) atoms. The van der Waals surface area contributed by atoms with Crippen LogP contribution in [0.15, 0.2) is 22.8 Å². The minimum atomic E-state index is 0.0897. The summed E-state index contributed by atoms with van der Waals surface area (Å²) >= 11 is 3.41. The second kappa shape index (κ2) is 4.41. The Morgan fingerprint density at radius 1 is 1.41 bits per heavy atom. The van der Waals surface area contributed by atoms with Crippen molar-refractivity contribution in [2.75, 3.05) is 6.54 Å². The number of rotatable bonds is 4. The van der Waals surface area contributed by atoms with E-state index in [1.165, 1.54) is 12.8 Å². The van der Waals surface area contributed by atoms with Crippen LogP contribution in [0.3, 0.4) is 0 Å². The minimum absolute atomic E-state index is 0.0897. The van der Waals surface area contributed by atoms with Gasteiger partial charge in [-0.05, 0) is 59.7 Å². The maximum atomic E-state index is 12.4. The van der Waals surface area contributed by atoms with Crippen LogP contribution in [0.1, 0.15) is 36.2 Å². The van der Waals surface area contributed by atoms with Crippen LogP contribution in [0.2, 0.25) is 0 Å². The highest BCUT2D eigenvalue weighted by molar-refractivity contribution is 9.10. The van der Waals surface area contributed by atoms with Crippen molar-refractivity contribution in [2.45, 2.75) is 31.7 Å². The first-order valence-corrected chi connectivity index (χ1v) is 6.96. The first kappa shape index (κ1) is 11.2. The summed E-state index contributed by atoms with van der Waals surface area (Å²) in [6.07, 6.45) is 6.55. The molecule has 0 spiro atoms. The van der Waals surface area contributed by atoms with Gasteiger partial charge in [-0.25, -0.2) is 4.98 Å². The summed E-state index contributed by atoms with van der Waals surface area (Å²) in [6, 6.07) is 4.18. The average Bonchev–Trinajstić information content (AvgIpc) is 3.17. The fourth-order valence-electron chi connectivity index (χ4n) is 2.04. The van der Waals surface area contributed by atoms with Crippen molar-refractivity contribution in [2.24, 2.45) is 5.92 Å². The highest BCUT2D eigenvalue weighted by Crippen LogP contribution is 2.35. The van der Waals surface area contributed by atoms with Gasteiger partial charge in [0.25, 0.3) is 5.91 Å². The molecule has 4 heteroatoms. The van der Waals surface area contributed by atoms with E-state index in [4.69, 9.17) is 0 Å². The van der Waals surface area contributed by atoms with Crippen LogP contribution >= 0.6 is 15.9 Å². The van der Waals surface area contributed by atoms with Gasteiger partial charge in [0.15, 0.2) is 0 Å². The number of hydrogen-bond acceptors (Lipinski definition) is 2. The molecule has 2 saturated carbocycles. The third-order valence-electron chi connectivity index (χ3n) is 3.36. The molecule has 0 bridgehead atoms. The Morgan fingerprint density at radius 3 is 2.76 bits per heavy atom. The van der Waals surface area contributed by atoms with Crippen LogP contribution < -0.4 is 0 Å². The SMILES string of the molecule is O=C(c1ncccc1Br)N(CC1CC1)C1CC1. The largest absolute Gasteiger partial charge is 0.334 e. The van der Waals surface area contributed by atoms with Crippen LogP contribution in [0.5, 0.6) is 0 Å². The van der Waals surface area contributed by atoms with E-state index in [0.29, 0.717) is 11.7 Å². The number of nitrogens with zero attached hydrogens (tertiary/aromatic N) is 2. The number of amides is 1. The second-order valence-electron chi connectivity index (χ2n) is 4.97. The first-order valence-electron chi connectivity index (χ1n) is 6.17. The molecule has 3 rings (SSSR count). The van der Waals surface area contributed by atoms with Crippen LogP contribution in [-0.4, -0.2) is 28.4 Å². The lowest BCUT2D eigenvalue weighted by Gasteiger charge is -2.22. The fourth-order valence-corrected chi connectivity index (χ4v) is 2.47. The van der Waals surface area contributed by atoms with E-state index < -0.39 is 0 Å². The first-order chi connectivity index (χ1) is 8.25. The molecular weight excluding hydrogens is 280 g/mol. The van der Waals surface area contributed by atoms with Crippen molar-refractivity contribution in [1.82, 2.24) is 9.88 Å². The number of carbonyl (C=O) groups is 1. The van der Waals surface area contributed by atoms with Crippen molar-refractivity contribution < 1.29 is 4.79 Å². The van der Waals surface area contributed by atoms with Gasteiger partial charge in [0, 0.05) is 23.3 Å². The molecule has 1 aromatic heterocycles. The highest BCUT2D eigenvalue weighted by Gasteiger charge is 2.37. The average molecular weight is 295 g/mol. The maximum Gasteiger partial charge on any atom is 0.273 e. The predicted molar refractivity (Wildman–Crippen MR) is 68.7 cm³/mol. The molecule has 0 aromatic carbocycles. The van der Waals surface area contributed by atoms with Gasteiger partial charge in [-0.1, -0.05) is 0 Å². The van der Waals surface area contributed by atoms with Gasteiger partial charge >= 0.3 is 0 Å². The lowest BCUT2D eigenvalue weighted by molar-refractivity contribution is 0.0728. The van der Waals surface area contributed by atoms with Crippen LogP contribution in [0, 0.1) is 5.92 Å². The zero-order valence-electron chi connectivity index (χ0n) is 9.60. The Bertz CT molecular complexity index is 441. The van der Waals surface area contributed by atoms with E-state index >= 15 is 0 Å². The summed E-state index contributed by atoms with van der Waals surface area (Å²) < 4.78 is 0.798. The molecule has 0 aliphatic heterocycles. The van der Waals surface area contributed by atoms with Gasteiger partial charge in [-0.2, -0.15) is 0 Å². The Balaban J connectivity index is 1.80. The summed E-state index contributed by atoms with van der Waals surface area (Å²) in [5.41, 5.74) is 0.556. The van der Waals surface area contributed by atoms with Gasteiger partial charge in [-0.15, -0.1) is 0 Å². The predicted octanol–water partition coefficient (Wildman–Crippen LogP) is 2.86. The molecule has 90 valence electrons. The van der Waals surface area contributed by atoms with Crippen LogP contribution in [0.25, 0.3) is 0 Å². The maximum absolute atomic E-state index is 12.4. The Kier molecular flexibility index (Phi) is 2.90. The zero-order chi connectivity index (χ0) is 11.8. The minimum Gasteiger partial charge on any atom is -0.334 e. The monoisotopic (exact) mass is 294 g/mol. The molecule has 0 atom stereocenters. The molecule has 2 aliphatic rings. The topological polar surface area (TPSA) is 33.2 Å². The Hall–Kier alpha value is -0.900. The van der Waals surface area contributed by atoms with E-state index in [-0.39, 0.29) is 5.91 Å². The van der Waals surface area contributed by atoms with Crippen molar-refractivity contribution in [1.29, 1.82) is 0 Å². The van der Waals surface area contributed by atoms with Crippen LogP contribution in [0.4, 0.5) is 0 Å². The number of aromatic nitrogens is 1. The molecule has 1 aromatic rings. The molecule has 0 N–H and O–H groups in total. The van der Waals surface area contributed by atoms with Gasteiger partial charge in [0.1, 0.15) is 5.69 Å². The van der Waals surface area contributed by atoms with Gasteiger partial charge in [-0.3, -0.25) is 4.79 Å². The summed E-state index contributed by atoms with van der Waals surface area (Å²) in [5, 5.41) is 0. The van der Waals surface area contributed by atoms with Gasteiger partial charge in [0.05, 0.1) is 0 Å². The molecular formula is C13H15BrN2O. The summed E-state index contributed by atoms with van der Waals surface area (Å²) in [5.74, 6) is 0.828. The molecule has 0 saturated heterocycles. The van der Waals surface area contributed by atoms with E-state index in [9.17, 15) is 4.79 Å². The number of pyridine rings is 1. The van der Waals surface area contributed by atoms with Gasteiger partial charge in [0.2, 0.25) is 0 Å². The molecule has 2 aliphatic carbocycles. The van der Waals surface area contributed by atoms with E-state index in [0.717, 1.165) is 29.8 Å². The van der Waals surface area contributed by atoms with E-state index in [2.05, 4.69) is 20.9 Å². The summed E-state index contributed by atoms with van der Waals surface area (Å²) in [4.78, 5) is 18.7. The summed E-state index contributed by atoms with van der Waals surface area (Å²) in [7, 11) is 0. The molecule has 1 amide bonds. The zero-order valence-corrected chi connectivity index (χ0v) is 11.2. The van der Waals surface area contributed by atoms with Crippen molar-refractivity contribution in [3.8, 4) is 0 Å². The Labute approximate surface area is 109 Å². The second-order valence-corrected chi connectivity index (χ2v) is 5.82. The third kappa shape index (κ3) is 2.51. The summed E-state index contributed by atoms with van der Waals surface area (Å²) in [6.45, 7) is 0.923. The third-order valence-corrected chi connectivity index (χ3v) is 4.00. The van der Waals surface area contributed by atoms with Crippen molar-refractivity contribution >= 4 is 21.8 Å². The lowest BCUT2D eigenvalue weighted by atomic mass is 10.2. The highest BCUT2D eigenvalue weighted by atomic mass is 79.9. The molecule has 1 heterocycles. The molecule has 2 fully saturated rings. The lowest BCUT2D eigenvalue weighted by Crippen LogP contribution is -2.35. The van der Waals surface area contributed by atoms with E-state index in [1.807, 2.05) is 17.0 Å².